The summed E-state index contributed by atoms with van der Waals surface area (Å²) in [6, 6.07) is 10.3. The van der Waals surface area contributed by atoms with Gasteiger partial charge in [-0.2, -0.15) is 4.31 Å². The summed E-state index contributed by atoms with van der Waals surface area (Å²) in [6.07, 6.45) is 0. The molecule has 0 atom stereocenters. The SMILES string of the molecule is O=[N+]([O-])c1ccc(S(=O)(=O)N2CCN(Cc3ccc(Cl)cc3Cl)CC2)cc1. The molecule has 7 nitrogen and oxygen atoms in total. The first-order valence-electron chi connectivity index (χ1n) is 8.18. The summed E-state index contributed by atoms with van der Waals surface area (Å²) in [5.41, 5.74) is 0.798. The van der Waals surface area contributed by atoms with Crippen LogP contribution in [0.4, 0.5) is 5.69 Å². The van der Waals surface area contributed by atoms with Gasteiger partial charge < -0.3 is 0 Å². The van der Waals surface area contributed by atoms with Gasteiger partial charge in [0.1, 0.15) is 0 Å². The van der Waals surface area contributed by atoms with Crippen molar-refractivity contribution in [3.63, 3.8) is 0 Å². The zero-order chi connectivity index (χ0) is 19.6. The van der Waals surface area contributed by atoms with Crippen LogP contribution in [-0.2, 0) is 16.6 Å². The maximum atomic E-state index is 12.7. The quantitative estimate of drug-likeness (QED) is 0.536. The molecule has 2 aromatic carbocycles. The van der Waals surface area contributed by atoms with Gasteiger partial charge in [-0.15, -0.1) is 0 Å². The largest absolute Gasteiger partial charge is 0.296 e. The van der Waals surface area contributed by atoms with Gasteiger partial charge in [0.25, 0.3) is 5.69 Å². The molecule has 1 aliphatic heterocycles. The number of nitrogens with zero attached hydrogens (tertiary/aromatic N) is 3. The summed E-state index contributed by atoms with van der Waals surface area (Å²) in [4.78, 5) is 12.3. The third-order valence-corrected chi connectivity index (χ3v) is 6.93. The molecule has 0 bridgehead atoms. The number of benzene rings is 2. The lowest BCUT2D eigenvalue weighted by molar-refractivity contribution is -0.384. The number of sulfonamides is 1. The highest BCUT2D eigenvalue weighted by Gasteiger charge is 2.29. The highest BCUT2D eigenvalue weighted by Crippen LogP contribution is 2.24. The minimum atomic E-state index is -3.67. The van der Waals surface area contributed by atoms with Crippen LogP contribution in [-0.4, -0.2) is 48.7 Å². The van der Waals surface area contributed by atoms with Gasteiger partial charge in [-0.3, -0.25) is 15.0 Å². The van der Waals surface area contributed by atoms with Crippen molar-refractivity contribution in [3.05, 3.63) is 68.2 Å². The molecular formula is C17H17Cl2N3O4S. The molecule has 0 radical (unpaired) electrons. The van der Waals surface area contributed by atoms with E-state index in [4.69, 9.17) is 23.2 Å². The summed E-state index contributed by atoms with van der Waals surface area (Å²) >= 11 is 12.1. The molecule has 3 rings (SSSR count). The van der Waals surface area contributed by atoms with E-state index in [0.29, 0.717) is 42.8 Å². The number of nitro benzene ring substituents is 1. The topological polar surface area (TPSA) is 83.8 Å². The molecule has 1 saturated heterocycles. The normalized spacial score (nSPS) is 16.4. The lowest BCUT2D eigenvalue weighted by Gasteiger charge is -2.34. The Morgan fingerprint density at radius 2 is 1.63 bits per heavy atom. The predicted molar refractivity (Wildman–Crippen MR) is 104 cm³/mol. The number of hydrogen-bond donors (Lipinski definition) is 0. The molecule has 1 heterocycles. The highest BCUT2D eigenvalue weighted by molar-refractivity contribution is 7.89. The predicted octanol–water partition coefficient (Wildman–Crippen LogP) is 3.41. The standard InChI is InChI=1S/C17H17Cl2N3O4S/c18-14-2-1-13(17(19)11-14)12-20-7-9-21(10-8-20)27(25,26)16-5-3-15(4-6-16)22(23)24/h1-6,11H,7-10,12H2. The second-order valence-corrected chi connectivity index (χ2v) is 8.95. The van der Waals surface area contributed by atoms with Crippen LogP contribution < -0.4 is 0 Å². The highest BCUT2D eigenvalue weighted by atomic mass is 35.5. The van der Waals surface area contributed by atoms with Crippen LogP contribution in [0, 0.1) is 10.1 Å². The number of non-ortho nitro benzene ring substituents is 1. The van der Waals surface area contributed by atoms with Crippen molar-refractivity contribution in [2.45, 2.75) is 11.4 Å². The number of rotatable bonds is 5. The average Bonchev–Trinajstić information content (AvgIpc) is 2.64. The summed E-state index contributed by atoms with van der Waals surface area (Å²) < 4.78 is 26.9. The van der Waals surface area contributed by atoms with Crippen molar-refractivity contribution in [2.75, 3.05) is 26.2 Å². The van der Waals surface area contributed by atoms with Crippen molar-refractivity contribution in [1.29, 1.82) is 0 Å². The molecule has 2 aromatic rings. The van der Waals surface area contributed by atoms with Gasteiger partial charge in [-0.05, 0) is 29.8 Å². The molecular weight excluding hydrogens is 413 g/mol. The Bertz CT molecular complexity index is 943. The molecule has 0 amide bonds. The first kappa shape index (κ1) is 20.0. The van der Waals surface area contributed by atoms with Crippen LogP contribution in [0.5, 0.6) is 0 Å². The van der Waals surface area contributed by atoms with E-state index >= 15 is 0 Å². The third-order valence-electron chi connectivity index (χ3n) is 4.43. The Morgan fingerprint density at radius 1 is 1.00 bits per heavy atom. The van der Waals surface area contributed by atoms with Crippen LogP contribution in [0.3, 0.4) is 0 Å². The molecule has 0 aromatic heterocycles. The fraction of sp³-hybridized carbons (Fsp3) is 0.294. The molecule has 0 saturated carbocycles. The van der Waals surface area contributed by atoms with Crippen molar-refractivity contribution < 1.29 is 13.3 Å². The fourth-order valence-corrected chi connectivity index (χ4v) is 4.80. The van der Waals surface area contributed by atoms with Gasteiger partial charge >= 0.3 is 0 Å². The van der Waals surface area contributed by atoms with Crippen LogP contribution >= 0.6 is 23.2 Å². The number of halogens is 2. The molecule has 1 aliphatic rings. The van der Waals surface area contributed by atoms with Gasteiger partial charge in [0.2, 0.25) is 10.0 Å². The molecule has 27 heavy (non-hydrogen) atoms. The van der Waals surface area contributed by atoms with Crippen molar-refractivity contribution in [2.24, 2.45) is 0 Å². The molecule has 144 valence electrons. The summed E-state index contributed by atoms with van der Waals surface area (Å²) in [6.45, 7) is 2.41. The minimum Gasteiger partial charge on any atom is -0.296 e. The lowest BCUT2D eigenvalue weighted by atomic mass is 10.2. The fourth-order valence-electron chi connectivity index (χ4n) is 2.91. The summed E-state index contributed by atoms with van der Waals surface area (Å²) in [5.74, 6) is 0. The lowest BCUT2D eigenvalue weighted by Crippen LogP contribution is -2.48. The van der Waals surface area contributed by atoms with E-state index in [1.165, 1.54) is 28.6 Å². The number of piperazine rings is 1. The molecule has 0 N–H and O–H groups in total. The Labute approximate surface area is 167 Å². The van der Waals surface area contributed by atoms with E-state index in [9.17, 15) is 18.5 Å². The van der Waals surface area contributed by atoms with Gasteiger partial charge in [0.05, 0.1) is 9.82 Å². The van der Waals surface area contributed by atoms with Crippen molar-refractivity contribution in [3.8, 4) is 0 Å². The Hall–Kier alpha value is -1.71. The van der Waals surface area contributed by atoms with Crippen LogP contribution in [0.15, 0.2) is 47.4 Å². The Kier molecular flexibility index (Phi) is 6.02. The zero-order valence-corrected chi connectivity index (χ0v) is 16.5. The Balaban J connectivity index is 1.64. The third kappa shape index (κ3) is 4.59. The average molecular weight is 430 g/mol. The molecule has 1 fully saturated rings. The van der Waals surface area contributed by atoms with Crippen molar-refractivity contribution >= 4 is 38.9 Å². The van der Waals surface area contributed by atoms with E-state index in [-0.39, 0.29) is 10.6 Å². The van der Waals surface area contributed by atoms with Gasteiger partial charge in [0, 0.05) is 54.9 Å². The van der Waals surface area contributed by atoms with E-state index in [2.05, 4.69) is 4.90 Å². The molecule has 0 spiro atoms. The van der Waals surface area contributed by atoms with Gasteiger partial charge in [-0.25, -0.2) is 8.42 Å². The maximum Gasteiger partial charge on any atom is 0.269 e. The zero-order valence-electron chi connectivity index (χ0n) is 14.2. The van der Waals surface area contributed by atoms with Crippen LogP contribution in [0.1, 0.15) is 5.56 Å². The van der Waals surface area contributed by atoms with Gasteiger partial charge in [0.15, 0.2) is 0 Å². The number of hydrogen-bond acceptors (Lipinski definition) is 5. The van der Waals surface area contributed by atoms with E-state index in [1.807, 2.05) is 6.07 Å². The second kappa shape index (κ2) is 8.12. The monoisotopic (exact) mass is 429 g/mol. The van der Waals surface area contributed by atoms with Gasteiger partial charge in [-0.1, -0.05) is 29.3 Å². The maximum absolute atomic E-state index is 12.7. The van der Waals surface area contributed by atoms with Crippen LogP contribution in [0.25, 0.3) is 0 Å². The Morgan fingerprint density at radius 3 is 2.19 bits per heavy atom. The number of nitro groups is 1. The van der Waals surface area contributed by atoms with Crippen molar-refractivity contribution in [1.82, 2.24) is 9.21 Å². The molecule has 10 heteroatoms. The first-order chi connectivity index (χ1) is 12.8. The first-order valence-corrected chi connectivity index (χ1v) is 10.4. The minimum absolute atomic E-state index is 0.0577. The smallest absolute Gasteiger partial charge is 0.269 e. The molecule has 0 aliphatic carbocycles. The summed E-state index contributed by atoms with van der Waals surface area (Å²) in [5, 5.41) is 11.9. The van der Waals surface area contributed by atoms with E-state index < -0.39 is 14.9 Å². The van der Waals surface area contributed by atoms with Crippen LogP contribution in [0.2, 0.25) is 10.0 Å². The van der Waals surface area contributed by atoms with E-state index in [0.717, 1.165) is 5.56 Å². The summed E-state index contributed by atoms with van der Waals surface area (Å²) in [7, 11) is -3.67. The molecule has 0 unspecified atom stereocenters. The second-order valence-electron chi connectivity index (χ2n) is 6.17. The van der Waals surface area contributed by atoms with E-state index in [1.54, 1.807) is 12.1 Å².